The zero-order chi connectivity index (χ0) is 12.3. The Labute approximate surface area is 102 Å². The first-order valence-corrected chi connectivity index (χ1v) is 5.68. The Morgan fingerprint density at radius 3 is 2.12 bits per heavy atom. The molecule has 2 N–H and O–H groups in total. The topological polar surface area (TPSA) is 35.2 Å². The molecule has 0 spiro atoms. The van der Waals surface area contributed by atoms with E-state index < -0.39 is 5.54 Å². The van der Waals surface area contributed by atoms with Crippen molar-refractivity contribution in [2.45, 2.75) is 19.4 Å². The second-order valence-corrected chi connectivity index (χ2v) is 4.63. The van der Waals surface area contributed by atoms with Crippen molar-refractivity contribution in [1.29, 1.82) is 0 Å². The zero-order valence-electron chi connectivity index (χ0n) is 10.2. The van der Waals surface area contributed by atoms with Crippen molar-refractivity contribution >= 4 is 0 Å². The number of para-hydroxylation sites is 2. The smallest absolute Gasteiger partial charge is 0.132 e. The molecule has 0 unspecified atom stereocenters. The first kappa shape index (κ1) is 11.7. The second-order valence-electron chi connectivity index (χ2n) is 4.63. The highest BCUT2D eigenvalue weighted by atomic mass is 16.5. The van der Waals surface area contributed by atoms with E-state index in [1.54, 1.807) is 0 Å². The summed E-state index contributed by atoms with van der Waals surface area (Å²) < 4.78 is 5.86. The van der Waals surface area contributed by atoms with Gasteiger partial charge in [0.25, 0.3) is 0 Å². The van der Waals surface area contributed by atoms with Gasteiger partial charge in [-0.25, -0.2) is 0 Å². The highest BCUT2D eigenvalue weighted by Crippen LogP contribution is 2.31. The molecule has 0 saturated carbocycles. The summed E-state index contributed by atoms with van der Waals surface area (Å²) in [5.74, 6) is 1.63. The average Bonchev–Trinajstić information content (AvgIpc) is 2.30. The van der Waals surface area contributed by atoms with Crippen LogP contribution in [0.4, 0.5) is 0 Å². The van der Waals surface area contributed by atoms with Crippen LogP contribution in [0.15, 0.2) is 54.6 Å². The van der Waals surface area contributed by atoms with Gasteiger partial charge in [0, 0.05) is 11.1 Å². The molecule has 2 aromatic rings. The Morgan fingerprint density at radius 1 is 0.882 bits per heavy atom. The normalized spacial score (nSPS) is 11.2. The summed E-state index contributed by atoms with van der Waals surface area (Å²) in [5, 5.41) is 0. The monoisotopic (exact) mass is 227 g/mol. The molecule has 0 bridgehead atoms. The van der Waals surface area contributed by atoms with Gasteiger partial charge in [0.1, 0.15) is 11.5 Å². The van der Waals surface area contributed by atoms with Crippen LogP contribution in [0.25, 0.3) is 0 Å². The number of rotatable bonds is 3. The van der Waals surface area contributed by atoms with Crippen molar-refractivity contribution in [2.24, 2.45) is 5.73 Å². The molecule has 17 heavy (non-hydrogen) atoms. The fourth-order valence-corrected chi connectivity index (χ4v) is 1.70. The summed E-state index contributed by atoms with van der Waals surface area (Å²) in [6, 6.07) is 17.6. The lowest BCUT2D eigenvalue weighted by molar-refractivity contribution is 0.449. The van der Waals surface area contributed by atoms with Crippen LogP contribution in [0.1, 0.15) is 19.4 Å². The molecule has 0 saturated heterocycles. The molecule has 88 valence electrons. The number of nitrogens with two attached hydrogens (primary N) is 1. The molecule has 2 aromatic carbocycles. The molecular weight excluding hydrogens is 210 g/mol. The zero-order valence-corrected chi connectivity index (χ0v) is 10.2. The Kier molecular flexibility index (Phi) is 3.16. The van der Waals surface area contributed by atoms with Gasteiger partial charge in [0.05, 0.1) is 0 Å². The maximum Gasteiger partial charge on any atom is 0.132 e. The van der Waals surface area contributed by atoms with Crippen LogP contribution in [0.2, 0.25) is 0 Å². The third-order valence-electron chi connectivity index (χ3n) is 2.55. The average molecular weight is 227 g/mol. The fraction of sp³-hybridized carbons (Fsp3) is 0.200. The van der Waals surface area contributed by atoms with Crippen molar-refractivity contribution in [3.63, 3.8) is 0 Å². The highest BCUT2D eigenvalue weighted by Gasteiger charge is 2.18. The maximum absolute atomic E-state index is 6.13. The minimum absolute atomic E-state index is 0.411. The standard InChI is InChI=1S/C15H17NO/c1-15(2,16)13-10-6-7-11-14(13)17-12-8-4-3-5-9-12/h3-11H,16H2,1-2H3. The maximum atomic E-state index is 6.13. The Bertz CT molecular complexity index is 486. The van der Waals surface area contributed by atoms with E-state index in [-0.39, 0.29) is 0 Å². The second kappa shape index (κ2) is 4.60. The highest BCUT2D eigenvalue weighted by molar-refractivity contribution is 5.41. The van der Waals surface area contributed by atoms with Crippen molar-refractivity contribution in [2.75, 3.05) is 0 Å². The third-order valence-corrected chi connectivity index (χ3v) is 2.55. The molecule has 2 rings (SSSR count). The largest absolute Gasteiger partial charge is 0.457 e. The first-order chi connectivity index (χ1) is 8.07. The molecule has 0 radical (unpaired) electrons. The lowest BCUT2D eigenvalue weighted by Crippen LogP contribution is -2.29. The predicted octanol–water partition coefficient (Wildman–Crippen LogP) is 3.67. The van der Waals surface area contributed by atoms with Crippen molar-refractivity contribution < 1.29 is 4.74 Å². The van der Waals surface area contributed by atoms with Crippen LogP contribution in [-0.2, 0) is 5.54 Å². The molecule has 0 aliphatic rings. The Morgan fingerprint density at radius 2 is 1.47 bits per heavy atom. The molecule has 0 fully saturated rings. The van der Waals surface area contributed by atoms with Gasteiger partial charge in [-0.3, -0.25) is 0 Å². The molecule has 0 aromatic heterocycles. The predicted molar refractivity (Wildman–Crippen MR) is 70.2 cm³/mol. The van der Waals surface area contributed by atoms with Gasteiger partial charge in [0.2, 0.25) is 0 Å². The SMILES string of the molecule is CC(C)(N)c1ccccc1Oc1ccccc1. The van der Waals surface area contributed by atoms with Gasteiger partial charge >= 0.3 is 0 Å². The summed E-state index contributed by atoms with van der Waals surface area (Å²) in [4.78, 5) is 0. The first-order valence-electron chi connectivity index (χ1n) is 5.68. The van der Waals surface area contributed by atoms with E-state index in [1.165, 1.54) is 0 Å². The molecule has 0 atom stereocenters. The molecule has 0 amide bonds. The minimum atomic E-state index is -0.411. The van der Waals surface area contributed by atoms with Gasteiger partial charge < -0.3 is 10.5 Å². The van der Waals surface area contributed by atoms with Crippen molar-refractivity contribution in [1.82, 2.24) is 0 Å². The summed E-state index contributed by atoms with van der Waals surface area (Å²) in [6.45, 7) is 3.94. The molecule has 0 aliphatic carbocycles. The van der Waals surface area contributed by atoms with E-state index >= 15 is 0 Å². The summed E-state index contributed by atoms with van der Waals surface area (Å²) in [5.41, 5.74) is 6.72. The minimum Gasteiger partial charge on any atom is -0.457 e. The third kappa shape index (κ3) is 2.86. The number of ether oxygens (including phenoxy) is 1. The van der Waals surface area contributed by atoms with E-state index in [4.69, 9.17) is 10.5 Å². The summed E-state index contributed by atoms with van der Waals surface area (Å²) in [7, 11) is 0. The van der Waals surface area contributed by atoms with Gasteiger partial charge in [-0.15, -0.1) is 0 Å². The lowest BCUT2D eigenvalue weighted by atomic mass is 9.95. The van der Waals surface area contributed by atoms with E-state index in [0.29, 0.717) is 0 Å². The quantitative estimate of drug-likeness (QED) is 0.868. The molecule has 0 aliphatic heterocycles. The van der Waals surface area contributed by atoms with E-state index in [9.17, 15) is 0 Å². The van der Waals surface area contributed by atoms with Crippen molar-refractivity contribution in [3.8, 4) is 11.5 Å². The lowest BCUT2D eigenvalue weighted by Gasteiger charge is -2.22. The Hall–Kier alpha value is -1.80. The van der Waals surface area contributed by atoms with Crippen molar-refractivity contribution in [3.05, 3.63) is 60.2 Å². The molecule has 0 heterocycles. The van der Waals surface area contributed by atoms with Crippen LogP contribution in [0.5, 0.6) is 11.5 Å². The molecule has 2 nitrogen and oxygen atoms in total. The van der Waals surface area contributed by atoms with Crippen LogP contribution in [-0.4, -0.2) is 0 Å². The van der Waals surface area contributed by atoms with E-state index in [0.717, 1.165) is 17.1 Å². The van der Waals surface area contributed by atoms with Crippen LogP contribution in [0.3, 0.4) is 0 Å². The van der Waals surface area contributed by atoms with Gasteiger partial charge in [-0.05, 0) is 32.0 Å². The van der Waals surface area contributed by atoms with Crippen LogP contribution >= 0.6 is 0 Å². The summed E-state index contributed by atoms with van der Waals surface area (Å²) >= 11 is 0. The van der Waals surface area contributed by atoms with Crippen LogP contribution in [0, 0.1) is 0 Å². The van der Waals surface area contributed by atoms with E-state index in [1.807, 2.05) is 68.4 Å². The summed E-state index contributed by atoms with van der Waals surface area (Å²) in [6.07, 6.45) is 0. The van der Waals surface area contributed by atoms with Gasteiger partial charge in [-0.2, -0.15) is 0 Å². The Balaban J connectivity index is 2.34. The molecule has 2 heteroatoms. The number of hydrogen-bond donors (Lipinski definition) is 1. The molecular formula is C15H17NO. The van der Waals surface area contributed by atoms with Crippen LogP contribution < -0.4 is 10.5 Å². The number of hydrogen-bond acceptors (Lipinski definition) is 2. The van der Waals surface area contributed by atoms with Gasteiger partial charge in [-0.1, -0.05) is 36.4 Å². The van der Waals surface area contributed by atoms with E-state index in [2.05, 4.69) is 0 Å². The van der Waals surface area contributed by atoms with Gasteiger partial charge in [0.15, 0.2) is 0 Å². The number of benzene rings is 2. The fourth-order valence-electron chi connectivity index (χ4n) is 1.70.